The highest BCUT2D eigenvalue weighted by atomic mass is 16.5. The van der Waals surface area contributed by atoms with E-state index in [4.69, 9.17) is 9.47 Å². The molecule has 32 heavy (non-hydrogen) atoms. The second-order valence-electron chi connectivity index (χ2n) is 8.41. The Morgan fingerprint density at radius 2 is 1.81 bits per heavy atom. The lowest BCUT2D eigenvalue weighted by molar-refractivity contribution is -0.123. The van der Waals surface area contributed by atoms with Crippen LogP contribution in [0, 0.1) is 6.92 Å². The van der Waals surface area contributed by atoms with E-state index in [0.29, 0.717) is 5.56 Å². The van der Waals surface area contributed by atoms with Crippen molar-refractivity contribution in [1.29, 1.82) is 0 Å². The number of hydrogen-bond acceptors (Lipinski definition) is 7. The summed E-state index contributed by atoms with van der Waals surface area (Å²) in [5, 5.41) is 21.4. The molecule has 5 rings (SSSR count). The normalized spacial score (nSPS) is 23.6. The van der Waals surface area contributed by atoms with Crippen molar-refractivity contribution < 1.29 is 34.1 Å². The number of ketones is 3. The molecule has 0 aromatic heterocycles. The number of carbonyl (C=O) groups excluding carboxylic acids is 3. The first-order valence-electron chi connectivity index (χ1n) is 10.2. The van der Waals surface area contributed by atoms with Gasteiger partial charge in [-0.25, -0.2) is 0 Å². The van der Waals surface area contributed by atoms with Gasteiger partial charge in [0, 0.05) is 11.6 Å². The Labute approximate surface area is 183 Å². The van der Waals surface area contributed by atoms with Crippen molar-refractivity contribution in [2.24, 2.45) is 0 Å². The summed E-state index contributed by atoms with van der Waals surface area (Å²) in [6.07, 6.45) is 0.728. The summed E-state index contributed by atoms with van der Waals surface area (Å²) >= 11 is 0. The molecular formula is C25H20O7. The fraction of sp³-hybridized carbons (Fsp3) is 0.240. The largest absolute Gasteiger partial charge is 0.507 e. The van der Waals surface area contributed by atoms with Gasteiger partial charge < -0.3 is 19.7 Å². The lowest BCUT2D eigenvalue weighted by Gasteiger charge is -2.30. The van der Waals surface area contributed by atoms with Gasteiger partial charge in [-0.05, 0) is 26.3 Å². The number of Topliss-reactive ketones (excluding diaryl/α,β-unsaturated/α-hetero) is 3. The van der Waals surface area contributed by atoms with E-state index in [1.54, 1.807) is 6.92 Å². The van der Waals surface area contributed by atoms with Crippen molar-refractivity contribution in [3.63, 3.8) is 0 Å². The third kappa shape index (κ3) is 2.45. The number of rotatable bonds is 2. The number of aliphatic hydroxyl groups is 1. The third-order valence-corrected chi connectivity index (χ3v) is 6.46. The Bertz CT molecular complexity index is 1300. The second-order valence-corrected chi connectivity index (χ2v) is 8.41. The second kappa shape index (κ2) is 6.56. The van der Waals surface area contributed by atoms with E-state index in [1.807, 2.05) is 30.3 Å². The highest BCUT2D eigenvalue weighted by Crippen LogP contribution is 2.59. The average Bonchev–Trinajstić information content (AvgIpc) is 3.05. The zero-order valence-electron chi connectivity index (χ0n) is 17.7. The summed E-state index contributed by atoms with van der Waals surface area (Å²) in [6.45, 7) is 4.29. The number of benzene rings is 2. The zero-order chi connectivity index (χ0) is 22.9. The van der Waals surface area contributed by atoms with Crippen LogP contribution < -0.4 is 9.47 Å². The minimum atomic E-state index is -1.55. The quantitative estimate of drug-likeness (QED) is 0.692. The number of ether oxygens (including phenoxy) is 2. The summed E-state index contributed by atoms with van der Waals surface area (Å²) in [4.78, 5) is 38.6. The number of phenols is 1. The van der Waals surface area contributed by atoms with Gasteiger partial charge in [0.15, 0.2) is 17.3 Å². The molecule has 3 aliphatic rings. The number of phenolic OH excluding ortho intramolecular Hbond substituents is 1. The molecule has 2 aromatic carbocycles. The van der Waals surface area contributed by atoms with Crippen molar-refractivity contribution in [3.8, 4) is 17.2 Å². The minimum Gasteiger partial charge on any atom is -0.507 e. The van der Waals surface area contributed by atoms with E-state index in [0.717, 1.165) is 5.56 Å². The van der Waals surface area contributed by atoms with Gasteiger partial charge in [-0.15, -0.1) is 0 Å². The number of aliphatic hydroxyl groups excluding tert-OH is 1. The van der Waals surface area contributed by atoms with Crippen LogP contribution in [0.15, 0.2) is 53.5 Å². The van der Waals surface area contributed by atoms with Crippen LogP contribution in [0.5, 0.6) is 17.2 Å². The number of carbonyl (C=O) groups is 3. The van der Waals surface area contributed by atoms with Crippen molar-refractivity contribution in [1.82, 2.24) is 0 Å². The maximum atomic E-state index is 13.3. The highest BCUT2D eigenvalue weighted by Gasteiger charge is 2.56. The van der Waals surface area contributed by atoms with Gasteiger partial charge >= 0.3 is 0 Å². The third-order valence-electron chi connectivity index (χ3n) is 6.46. The molecule has 1 aliphatic carbocycles. The molecule has 2 aromatic rings. The number of fused-ring (bicyclic) bond motifs is 5. The van der Waals surface area contributed by atoms with Gasteiger partial charge in [0.05, 0.1) is 12.0 Å². The Hall–Kier alpha value is -3.87. The molecule has 162 valence electrons. The van der Waals surface area contributed by atoms with Crippen molar-refractivity contribution in [2.45, 2.75) is 38.7 Å². The fourth-order valence-corrected chi connectivity index (χ4v) is 4.73. The molecule has 7 nitrogen and oxygen atoms in total. The van der Waals surface area contributed by atoms with Crippen LogP contribution in [-0.2, 0) is 15.0 Å². The fourth-order valence-electron chi connectivity index (χ4n) is 4.73. The van der Waals surface area contributed by atoms with Crippen molar-refractivity contribution in [3.05, 3.63) is 75.8 Å². The molecule has 0 spiro atoms. The Morgan fingerprint density at radius 1 is 1.12 bits per heavy atom. The monoisotopic (exact) mass is 432 g/mol. The maximum absolute atomic E-state index is 13.3. The van der Waals surface area contributed by atoms with E-state index >= 15 is 0 Å². The number of allylic oxidation sites excluding steroid dienone is 3. The molecular weight excluding hydrogens is 412 g/mol. The van der Waals surface area contributed by atoms with Gasteiger partial charge in [-0.1, -0.05) is 30.3 Å². The topological polar surface area (TPSA) is 110 Å². The van der Waals surface area contributed by atoms with Gasteiger partial charge in [-0.3, -0.25) is 14.4 Å². The molecule has 2 heterocycles. The summed E-state index contributed by atoms with van der Waals surface area (Å²) in [5.74, 6) is -2.02. The highest BCUT2D eigenvalue weighted by molar-refractivity contribution is 6.26. The Balaban J connectivity index is 1.71. The molecule has 0 bridgehead atoms. The van der Waals surface area contributed by atoms with Gasteiger partial charge in [-0.2, -0.15) is 0 Å². The van der Waals surface area contributed by atoms with Crippen LogP contribution in [0.2, 0.25) is 0 Å². The first-order chi connectivity index (χ1) is 15.2. The maximum Gasteiger partial charge on any atom is 0.188 e. The first-order valence-corrected chi connectivity index (χ1v) is 10.2. The van der Waals surface area contributed by atoms with Crippen LogP contribution in [0.4, 0.5) is 0 Å². The summed E-state index contributed by atoms with van der Waals surface area (Å²) in [5.41, 5.74) is -0.542. The molecule has 0 saturated carbocycles. The Kier molecular flexibility index (Phi) is 4.11. The van der Waals surface area contributed by atoms with Gasteiger partial charge in [0.1, 0.15) is 51.4 Å². The van der Waals surface area contributed by atoms with Crippen LogP contribution in [-0.4, -0.2) is 27.6 Å². The van der Waals surface area contributed by atoms with Crippen LogP contribution >= 0.6 is 0 Å². The zero-order valence-corrected chi connectivity index (χ0v) is 17.7. The number of aromatic hydroxyl groups is 1. The molecule has 2 aliphatic heterocycles. The molecule has 0 radical (unpaired) electrons. The van der Waals surface area contributed by atoms with E-state index < -0.39 is 28.8 Å². The van der Waals surface area contributed by atoms with Gasteiger partial charge in [0.25, 0.3) is 0 Å². The van der Waals surface area contributed by atoms with Crippen LogP contribution in [0.3, 0.4) is 0 Å². The molecule has 2 N–H and O–H groups in total. The van der Waals surface area contributed by atoms with E-state index in [2.05, 4.69) is 0 Å². The molecule has 1 unspecified atom stereocenters. The summed E-state index contributed by atoms with van der Waals surface area (Å²) in [6, 6.07) is 9.29. The summed E-state index contributed by atoms with van der Waals surface area (Å²) in [7, 11) is 0. The van der Waals surface area contributed by atoms with Crippen LogP contribution in [0.1, 0.15) is 53.4 Å². The lowest BCUT2D eigenvalue weighted by atomic mass is 9.70. The molecule has 7 heteroatoms. The molecule has 2 atom stereocenters. The van der Waals surface area contributed by atoms with E-state index in [-0.39, 0.29) is 51.9 Å². The average molecular weight is 432 g/mol. The predicted molar refractivity (Wildman–Crippen MR) is 113 cm³/mol. The van der Waals surface area contributed by atoms with Crippen molar-refractivity contribution in [2.75, 3.05) is 0 Å². The van der Waals surface area contributed by atoms with Gasteiger partial charge in [0.2, 0.25) is 0 Å². The smallest absolute Gasteiger partial charge is 0.188 e. The molecule has 0 saturated heterocycles. The standard InChI is InChI=1S/C25H20O7/c1-11-21(29)20-23(32-17-10-15(28)18(12(2)26)24(30)25(17,20)3)19-14(27)9-16(31-22(11)19)13-7-5-4-6-8-13/h4-8,10,16,28-29H,9H2,1-3H3/t16?,25-/m1/s1. The summed E-state index contributed by atoms with van der Waals surface area (Å²) < 4.78 is 12.0. The van der Waals surface area contributed by atoms with E-state index in [9.17, 15) is 24.6 Å². The molecule has 0 fully saturated rings. The first kappa shape index (κ1) is 20.1. The predicted octanol–water partition coefficient (Wildman–Crippen LogP) is 3.92. The van der Waals surface area contributed by atoms with Crippen LogP contribution in [0.25, 0.3) is 0 Å². The number of hydrogen-bond donors (Lipinski definition) is 2. The van der Waals surface area contributed by atoms with Crippen molar-refractivity contribution >= 4 is 17.3 Å². The Morgan fingerprint density at radius 3 is 2.47 bits per heavy atom. The lowest BCUT2D eigenvalue weighted by Crippen LogP contribution is -2.38. The molecule has 0 amide bonds. The SMILES string of the molecule is CC(=O)C1=C(O)C=C2Oc3c4c(c(C)c(O)c3[C@]2(C)C1=O)OC(c1ccccc1)CC4=O. The minimum absolute atomic E-state index is 0.0271. The van der Waals surface area contributed by atoms with E-state index in [1.165, 1.54) is 19.9 Å².